The van der Waals surface area contributed by atoms with Crippen LogP contribution in [0.25, 0.3) is 0 Å². The van der Waals surface area contributed by atoms with Crippen LogP contribution in [0, 0.1) is 0 Å². The van der Waals surface area contributed by atoms with Crippen molar-refractivity contribution in [2.45, 2.75) is 29.8 Å². The van der Waals surface area contributed by atoms with E-state index in [0.717, 1.165) is 27.1 Å². The van der Waals surface area contributed by atoms with Crippen LogP contribution >= 0.6 is 35.0 Å². The highest BCUT2D eigenvalue weighted by Crippen LogP contribution is 2.34. The molecule has 1 N–H and O–H groups in total. The predicted molar refractivity (Wildman–Crippen MR) is 86.9 cm³/mol. The fraction of sp³-hybridized carbons (Fsp3) is 0.267. The molecule has 1 aromatic heterocycles. The molecule has 5 heteroatoms. The number of nitrogens with zero attached hydrogens (tertiary/aromatic N) is 1. The average molecular weight is 327 g/mol. The zero-order valence-electron chi connectivity index (χ0n) is 11.4. The van der Waals surface area contributed by atoms with Gasteiger partial charge in [-0.25, -0.2) is 4.98 Å². The number of halogens is 2. The predicted octanol–water partition coefficient (Wildman–Crippen LogP) is 5.21. The summed E-state index contributed by atoms with van der Waals surface area (Å²) < 4.78 is 0. The van der Waals surface area contributed by atoms with E-state index in [9.17, 15) is 0 Å². The Morgan fingerprint density at radius 1 is 1.25 bits per heavy atom. The maximum absolute atomic E-state index is 6.36. The van der Waals surface area contributed by atoms with Crippen molar-refractivity contribution in [2.75, 3.05) is 6.54 Å². The monoisotopic (exact) mass is 326 g/mol. The Hall–Kier alpha value is -0.740. The van der Waals surface area contributed by atoms with Gasteiger partial charge in [0.05, 0.1) is 5.02 Å². The lowest BCUT2D eigenvalue weighted by Gasteiger charge is -2.15. The van der Waals surface area contributed by atoms with Gasteiger partial charge in [-0.1, -0.05) is 48.0 Å². The van der Waals surface area contributed by atoms with Gasteiger partial charge in [0.1, 0.15) is 5.03 Å². The van der Waals surface area contributed by atoms with Crippen molar-refractivity contribution in [2.24, 2.45) is 0 Å². The Morgan fingerprint density at radius 2 is 2.05 bits per heavy atom. The SMILES string of the molecule is CCNC(C)c1ccc(Sc2ncccc2Cl)cc1Cl. The molecule has 0 radical (unpaired) electrons. The lowest BCUT2D eigenvalue weighted by atomic mass is 10.1. The molecule has 2 nitrogen and oxygen atoms in total. The first kappa shape index (κ1) is 15.6. The maximum Gasteiger partial charge on any atom is 0.119 e. The molecule has 0 saturated carbocycles. The molecule has 1 aromatic carbocycles. The average Bonchev–Trinajstić information content (AvgIpc) is 2.42. The molecule has 0 bridgehead atoms. The van der Waals surface area contributed by atoms with Crippen LogP contribution in [-0.2, 0) is 0 Å². The van der Waals surface area contributed by atoms with E-state index in [1.165, 1.54) is 11.8 Å². The first-order chi connectivity index (χ1) is 9.61. The molecule has 0 aliphatic rings. The minimum Gasteiger partial charge on any atom is -0.310 e. The van der Waals surface area contributed by atoms with E-state index < -0.39 is 0 Å². The van der Waals surface area contributed by atoms with E-state index >= 15 is 0 Å². The summed E-state index contributed by atoms with van der Waals surface area (Å²) in [5.41, 5.74) is 1.10. The van der Waals surface area contributed by atoms with Crippen molar-refractivity contribution in [3.8, 4) is 0 Å². The minimum absolute atomic E-state index is 0.241. The van der Waals surface area contributed by atoms with Gasteiger partial charge < -0.3 is 5.32 Å². The van der Waals surface area contributed by atoms with Gasteiger partial charge in [-0.2, -0.15) is 0 Å². The Labute approximate surface area is 133 Å². The minimum atomic E-state index is 0.241. The molecule has 0 fully saturated rings. The van der Waals surface area contributed by atoms with Crippen molar-refractivity contribution < 1.29 is 0 Å². The number of aromatic nitrogens is 1. The lowest BCUT2D eigenvalue weighted by molar-refractivity contribution is 0.598. The van der Waals surface area contributed by atoms with Gasteiger partial charge in [0.25, 0.3) is 0 Å². The molecular weight excluding hydrogens is 311 g/mol. The molecule has 1 unspecified atom stereocenters. The summed E-state index contributed by atoms with van der Waals surface area (Å²) in [4.78, 5) is 5.30. The van der Waals surface area contributed by atoms with E-state index in [0.29, 0.717) is 5.02 Å². The summed E-state index contributed by atoms with van der Waals surface area (Å²) in [5.74, 6) is 0. The number of pyridine rings is 1. The highest BCUT2D eigenvalue weighted by Gasteiger charge is 2.10. The van der Waals surface area contributed by atoms with Gasteiger partial charge in [-0.3, -0.25) is 0 Å². The van der Waals surface area contributed by atoms with E-state index in [2.05, 4.69) is 30.2 Å². The topological polar surface area (TPSA) is 24.9 Å². The third-order valence-electron chi connectivity index (χ3n) is 2.89. The summed E-state index contributed by atoms with van der Waals surface area (Å²) in [6.07, 6.45) is 1.73. The number of hydrogen-bond acceptors (Lipinski definition) is 3. The van der Waals surface area contributed by atoms with Crippen LogP contribution < -0.4 is 5.32 Å². The Morgan fingerprint density at radius 3 is 2.70 bits per heavy atom. The standard InChI is InChI=1S/C15H16Cl2N2S/c1-3-18-10(2)12-7-6-11(9-14(12)17)20-15-13(16)5-4-8-19-15/h4-10,18H,3H2,1-2H3. The lowest BCUT2D eigenvalue weighted by Crippen LogP contribution is -2.17. The highest BCUT2D eigenvalue weighted by molar-refractivity contribution is 7.99. The van der Waals surface area contributed by atoms with Crippen molar-refractivity contribution in [1.82, 2.24) is 10.3 Å². The Bertz CT molecular complexity index is 590. The van der Waals surface area contributed by atoms with Crippen molar-refractivity contribution >= 4 is 35.0 Å². The van der Waals surface area contributed by atoms with Crippen LogP contribution in [0.2, 0.25) is 10.0 Å². The Balaban J connectivity index is 2.19. The molecular formula is C15H16Cl2N2S. The molecule has 1 heterocycles. The second kappa shape index (κ2) is 7.32. The van der Waals surface area contributed by atoms with Crippen LogP contribution in [0.3, 0.4) is 0 Å². The van der Waals surface area contributed by atoms with E-state index in [1.807, 2.05) is 24.3 Å². The second-order valence-corrected chi connectivity index (χ2v) is 6.23. The summed E-state index contributed by atoms with van der Waals surface area (Å²) in [6.45, 7) is 5.10. The maximum atomic E-state index is 6.36. The molecule has 0 aliphatic carbocycles. The van der Waals surface area contributed by atoms with E-state index in [1.54, 1.807) is 6.20 Å². The number of nitrogens with one attached hydrogen (secondary N) is 1. The van der Waals surface area contributed by atoms with Gasteiger partial charge in [0.15, 0.2) is 0 Å². The fourth-order valence-corrected chi connectivity index (χ4v) is 3.36. The highest BCUT2D eigenvalue weighted by atomic mass is 35.5. The second-order valence-electron chi connectivity index (χ2n) is 4.36. The fourth-order valence-electron chi connectivity index (χ4n) is 1.90. The molecule has 106 valence electrons. The van der Waals surface area contributed by atoms with Crippen LogP contribution in [0.4, 0.5) is 0 Å². The van der Waals surface area contributed by atoms with Gasteiger partial charge >= 0.3 is 0 Å². The molecule has 0 amide bonds. The van der Waals surface area contributed by atoms with E-state index in [-0.39, 0.29) is 6.04 Å². The first-order valence-corrected chi connectivity index (χ1v) is 8.00. The number of hydrogen-bond donors (Lipinski definition) is 1. The van der Waals surface area contributed by atoms with E-state index in [4.69, 9.17) is 23.2 Å². The zero-order chi connectivity index (χ0) is 14.5. The van der Waals surface area contributed by atoms with Gasteiger partial charge in [0, 0.05) is 22.2 Å². The quantitative estimate of drug-likeness (QED) is 0.816. The van der Waals surface area contributed by atoms with Crippen molar-refractivity contribution in [3.63, 3.8) is 0 Å². The summed E-state index contributed by atoms with van der Waals surface area (Å²) in [5, 5.41) is 5.56. The van der Waals surface area contributed by atoms with Gasteiger partial charge in [0.2, 0.25) is 0 Å². The summed E-state index contributed by atoms with van der Waals surface area (Å²) >= 11 is 14.0. The smallest absolute Gasteiger partial charge is 0.119 e. The third kappa shape index (κ3) is 3.89. The number of rotatable bonds is 5. The van der Waals surface area contributed by atoms with Crippen molar-refractivity contribution in [3.05, 3.63) is 52.1 Å². The largest absolute Gasteiger partial charge is 0.310 e. The molecule has 2 rings (SSSR count). The zero-order valence-corrected chi connectivity index (χ0v) is 13.7. The van der Waals surface area contributed by atoms with Crippen LogP contribution in [0.15, 0.2) is 46.5 Å². The molecule has 1 atom stereocenters. The van der Waals surface area contributed by atoms with Gasteiger partial charge in [-0.05, 0) is 43.3 Å². The van der Waals surface area contributed by atoms with Crippen LogP contribution in [0.5, 0.6) is 0 Å². The molecule has 0 aliphatic heterocycles. The third-order valence-corrected chi connectivity index (χ3v) is 4.64. The summed E-state index contributed by atoms with van der Waals surface area (Å²) in [7, 11) is 0. The molecule has 0 saturated heterocycles. The molecule has 20 heavy (non-hydrogen) atoms. The molecule has 2 aromatic rings. The van der Waals surface area contributed by atoms with Crippen LogP contribution in [0.1, 0.15) is 25.5 Å². The van der Waals surface area contributed by atoms with Crippen molar-refractivity contribution in [1.29, 1.82) is 0 Å². The van der Waals surface area contributed by atoms with Crippen LogP contribution in [-0.4, -0.2) is 11.5 Å². The van der Waals surface area contributed by atoms with Gasteiger partial charge in [-0.15, -0.1) is 0 Å². The summed E-state index contributed by atoms with van der Waals surface area (Å²) in [6, 6.07) is 9.95. The Kier molecular flexibility index (Phi) is 5.73. The number of benzene rings is 1. The first-order valence-electron chi connectivity index (χ1n) is 6.43. The normalized spacial score (nSPS) is 12.4. The molecule has 0 spiro atoms.